The highest BCUT2D eigenvalue weighted by Gasteiger charge is 2.09. The van der Waals surface area contributed by atoms with E-state index in [4.69, 9.17) is 0 Å². The van der Waals surface area contributed by atoms with Gasteiger partial charge in [-0.25, -0.2) is 4.68 Å². The van der Waals surface area contributed by atoms with E-state index in [1.165, 1.54) is 0 Å². The van der Waals surface area contributed by atoms with Crippen molar-refractivity contribution < 1.29 is 4.79 Å². The molecule has 1 N–H and O–H groups in total. The molecule has 0 fully saturated rings. The smallest absolute Gasteiger partial charge is 0.273 e. The van der Waals surface area contributed by atoms with E-state index in [2.05, 4.69) is 15.6 Å². The Bertz CT molecular complexity index is 292. The highest BCUT2D eigenvalue weighted by atomic mass is 16.1. The van der Waals surface area contributed by atoms with Crippen LogP contribution in [-0.2, 0) is 0 Å². The van der Waals surface area contributed by atoms with Crippen LogP contribution in [0.5, 0.6) is 0 Å². The van der Waals surface area contributed by atoms with Crippen molar-refractivity contribution in [1.29, 1.82) is 0 Å². The normalized spacial score (nSPS) is 10.5. The molecule has 0 aromatic carbocycles. The summed E-state index contributed by atoms with van der Waals surface area (Å²) >= 11 is 0. The summed E-state index contributed by atoms with van der Waals surface area (Å²) < 4.78 is 1.66. The van der Waals surface area contributed by atoms with E-state index in [0.717, 1.165) is 0 Å². The zero-order chi connectivity index (χ0) is 9.84. The molecule has 1 heterocycles. The first-order valence-electron chi connectivity index (χ1n) is 4.35. The summed E-state index contributed by atoms with van der Waals surface area (Å²) in [5.74, 6) is -0.172. The molecule has 0 saturated carbocycles. The number of amides is 1. The van der Waals surface area contributed by atoms with Gasteiger partial charge in [0.25, 0.3) is 5.91 Å². The first-order valence-corrected chi connectivity index (χ1v) is 4.35. The van der Waals surface area contributed by atoms with Gasteiger partial charge in [-0.15, -0.1) is 5.10 Å². The number of nitrogens with zero attached hydrogens (tertiary/aromatic N) is 3. The molecular weight excluding hydrogens is 168 g/mol. The third-order valence-corrected chi connectivity index (χ3v) is 1.61. The van der Waals surface area contributed by atoms with Crippen LogP contribution in [0.15, 0.2) is 6.20 Å². The summed E-state index contributed by atoms with van der Waals surface area (Å²) in [5, 5.41) is 10.2. The zero-order valence-corrected chi connectivity index (χ0v) is 8.11. The van der Waals surface area contributed by atoms with E-state index in [9.17, 15) is 4.79 Å². The molecule has 0 spiro atoms. The third-order valence-electron chi connectivity index (χ3n) is 1.61. The van der Waals surface area contributed by atoms with E-state index in [1.54, 1.807) is 10.9 Å². The second kappa shape index (κ2) is 4.02. The molecule has 0 radical (unpaired) electrons. The van der Waals surface area contributed by atoms with Gasteiger partial charge in [-0.05, 0) is 20.8 Å². The van der Waals surface area contributed by atoms with Gasteiger partial charge < -0.3 is 5.32 Å². The summed E-state index contributed by atoms with van der Waals surface area (Å²) in [6, 6.07) is 0.232. The van der Waals surface area contributed by atoms with Gasteiger partial charge in [0, 0.05) is 12.6 Å². The molecule has 1 rings (SSSR count). The van der Waals surface area contributed by atoms with Crippen LogP contribution in [-0.4, -0.2) is 27.4 Å². The van der Waals surface area contributed by atoms with Gasteiger partial charge in [0.15, 0.2) is 5.69 Å². The number of carbonyl (C=O) groups excluding carboxylic acids is 1. The highest BCUT2D eigenvalue weighted by molar-refractivity contribution is 5.91. The summed E-state index contributed by atoms with van der Waals surface area (Å²) in [6.45, 7) is 6.44. The molecule has 5 nitrogen and oxygen atoms in total. The number of aromatic nitrogens is 3. The van der Waals surface area contributed by atoms with Crippen molar-refractivity contribution in [3.63, 3.8) is 0 Å². The van der Waals surface area contributed by atoms with Crippen molar-refractivity contribution in [3.8, 4) is 0 Å². The number of hydrogen-bond acceptors (Lipinski definition) is 3. The molecule has 0 aliphatic carbocycles. The molecule has 0 aliphatic heterocycles. The van der Waals surface area contributed by atoms with Crippen molar-refractivity contribution in [2.45, 2.75) is 26.8 Å². The monoisotopic (exact) mass is 182 g/mol. The summed E-state index contributed by atoms with van der Waals surface area (Å²) in [5.41, 5.74) is 0.371. The van der Waals surface area contributed by atoms with Gasteiger partial charge in [0.05, 0.1) is 6.20 Å². The number of rotatable bonds is 3. The second-order valence-electron chi connectivity index (χ2n) is 3.04. The van der Waals surface area contributed by atoms with Crippen LogP contribution in [0.1, 0.15) is 37.3 Å². The van der Waals surface area contributed by atoms with Crippen LogP contribution >= 0.6 is 0 Å². The molecular formula is C8H14N4O. The average Bonchev–Trinajstić information content (AvgIpc) is 2.52. The lowest BCUT2D eigenvalue weighted by Crippen LogP contribution is -2.22. The van der Waals surface area contributed by atoms with Gasteiger partial charge in [-0.3, -0.25) is 4.79 Å². The summed E-state index contributed by atoms with van der Waals surface area (Å²) in [6.07, 6.45) is 1.65. The third kappa shape index (κ3) is 2.27. The highest BCUT2D eigenvalue weighted by Crippen LogP contribution is 2.01. The molecule has 0 bridgehead atoms. The Morgan fingerprint density at radius 1 is 1.69 bits per heavy atom. The van der Waals surface area contributed by atoms with E-state index >= 15 is 0 Å². The fraction of sp³-hybridized carbons (Fsp3) is 0.625. The van der Waals surface area contributed by atoms with E-state index < -0.39 is 0 Å². The maximum absolute atomic E-state index is 11.3. The minimum absolute atomic E-state index is 0.172. The molecule has 0 unspecified atom stereocenters. The number of nitrogens with one attached hydrogen (secondary N) is 1. The topological polar surface area (TPSA) is 59.8 Å². The zero-order valence-electron chi connectivity index (χ0n) is 8.11. The van der Waals surface area contributed by atoms with Gasteiger partial charge in [-0.1, -0.05) is 5.21 Å². The molecule has 5 heteroatoms. The fourth-order valence-corrected chi connectivity index (χ4v) is 0.884. The van der Waals surface area contributed by atoms with E-state index in [1.807, 2.05) is 20.8 Å². The van der Waals surface area contributed by atoms with Crippen molar-refractivity contribution >= 4 is 5.91 Å². The number of carbonyl (C=O) groups is 1. The first kappa shape index (κ1) is 9.70. The summed E-state index contributed by atoms with van der Waals surface area (Å²) in [7, 11) is 0. The van der Waals surface area contributed by atoms with Crippen LogP contribution in [0.4, 0.5) is 0 Å². The fourth-order valence-electron chi connectivity index (χ4n) is 0.884. The first-order chi connectivity index (χ1) is 6.15. The Labute approximate surface area is 77.1 Å². The molecule has 0 saturated heterocycles. The SMILES string of the molecule is CCNC(=O)c1cn(C(C)C)nn1. The van der Waals surface area contributed by atoms with Crippen molar-refractivity contribution in [1.82, 2.24) is 20.3 Å². The lowest BCUT2D eigenvalue weighted by molar-refractivity contribution is 0.0951. The minimum atomic E-state index is -0.172. The minimum Gasteiger partial charge on any atom is -0.351 e. The molecule has 13 heavy (non-hydrogen) atoms. The number of hydrogen-bond donors (Lipinski definition) is 1. The maximum Gasteiger partial charge on any atom is 0.273 e. The van der Waals surface area contributed by atoms with E-state index in [0.29, 0.717) is 12.2 Å². The molecule has 0 aliphatic rings. The largest absolute Gasteiger partial charge is 0.351 e. The Kier molecular flexibility index (Phi) is 3.00. The van der Waals surface area contributed by atoms with Crippen molar-refractivity contribution in [2.75, 3.05) is 6.54 Å². The summed E-state index contributed by atoms with van der Waals surface area (Å²) in [4.78, 5) is 11.3. The van der Waals surface area contributed by atoms with Gasteiger partial charge >= 0.3 is 0 Å². The van der Waals surface area contributed by atoms with Gasteiger partial charge in [0.2, 0.25) is 0 Å². The molecule has 1 amide bonds. The molecule has 1 aromatic rings. The predicted octanol–water partition coefficient (Wildman–Crippen LogP) is 0.609. The van der Waals surface area contributed by atoms with Gasteiger partial charge in [0.1, 0.15) is 0 Å². The van der Waals surface area contributed by atoms with Crippen molar-refractivity contribution in [3.05, 3.63) is 11.9 Å². The average molecular weight is 182 g/mol. The van der Waals surface area contributed by atoms with E-state index in [-0.39, 0.29) is 11.9 Å². The molecule has 1 aromatic heterocycles. The second-order valence-corrected chi connectivity index (χ2v) is 3.04. The Hall–Kier alpha value is -1.39. The van der Waals surface area contributed by atoms with Crippen LogP contribution in [0.2, 0.25) is 0 Å². The van der Waals surface area contributed by atoms with Crippen LogP contribution in [0, 0.1) is 0 Å². The maximum atomic E-state index is 11.3. The van der Waals surface area contributed by atoms with Crippen LogP contribution < -0.4 is 5.32 Å². The van der Waals surface area contributed by atoms with Crippen LogP contribution in [0.25, 0.3) is 0 Å². The molecule has 72 valence electrons. The van der Waals surface area contributed by atoms with Crippen LogP contribution in [0.3, 0.4) is 0 Å². The standard InChI is InChI=1S/C8H14N4O/c1-4-9-8(13)7-5-12(6(2)3)11-10-7/h5-6H,4H2,1-3H3,(H,9,13). The quantitative estimate of drug-likeness (QED) is 0.745. The predicted molar refractivity (Wildman–Crippen MR) is 48.4 cm³/mol. The Balaban J connectivity index is 2.73. The Morgan fingerprint density at radius 2 is 2.38 bits per heavy atom. The van der Waals surface area contributed by atoms with Gasteiger partial charge in [-0.2, -0.15) is 0 Å². The Morgan fingerprint density at radius 3 is 2.85 bits per heavy atom. The van der Waals surface area contributed by atoms with Crippen molar-refractivity contribution in [2.24, 2.45) is 0 Å². The molecule has 0 atom stereocenters. The lowest BCUT2D eigenvalue weighted by atomic mass is 10.4. The lowest BCUT2D eigenvalue weighted by Gasteiger charge is -2.01.